The molecule has 5 heteroatoms. The molecule has 1 aromatic heterocycles. The van der Waals surface area contributed by atoms with E-state index < -0.39 is 0 Å². The molecule has 0 radical (unpaired) electrons. The molecule has 0 amide bonds. The van der Waals surface area contributed by atoms with Crippen LogP contribution in [0, 0.1) is 0 Å². The molecule has 0 saturated heterocycles. The van der Waals surface area contributed by atoms with Crippen molar-refractivity contribution in [1.82, 2.24) is 9.97 Å². The van der Waals surface area contributed by atoms with Crippen molar-refractivity contribution in [3.8, 4) is 11.4 Å². The first-order valence-corrected chi connectivity index (χ1v) is 7.87. The third-order valence-electron chi connectivity index (χ3n) is 2.97. The molecule has 0 fully saturated rings. The number of rotatable bonds is 3. The fourth-order valence-electron chi connectivity index (χ4n) is 1.74. The monoisotopic (exact) mass is 318 g/mol. The Morgan fingerprint density at radius 1 is 1.05 bits per heavy atom. The summed E-state index contributed by atoms with van der Waals surface area (Å²) in [5.74, 6) is 1.55. The van der Waals surface area contributed by atoms with Crippen molar-refractivity contribution < 1.29 is 0 Å². The summed E-state index contributed by atoms with van der Waals surface area (Å²) in [6, 6.07) is 9.53. The average Bonchev–Trinajstić information content (AvgIpc) is 2.48. The molecule has 1 aromatic carbocycles. The van der Waals surface area contributed by atoms with Crippen LogP contribution in [0.5, 0.6) is 0 Å². The molecule has 0 saturated carbocycles. The Morgan fingerprint density at radius 2 is 1.59 bits per heavy atom. The summed E-state index contributed by atoms with van der Waals surface area (Å²) in [7, 11) is 3.93. The quantitative estimate of drug-likeness (QED) is 0.664. The lowest BCUT2D eigenvalue weighted by atomic mass is 10.1. The van der Waals surface area contributed by atoms with Gasteiger partial charge in [0.2, 0.25) is 0 Å². The van der Waals surface area contributed by atoms with E-state index in [1.165, 1.54) is 0 Å². The number of thiol groups is 1. The maximum atomic E-state index is 5.72. The van der Waals surface area contributed by atoms with Gasteiger partial charge in [0.15, 0.2) is 5.82 Å². The second-order valence-electron chi connectivity index (χ2n) is 5.51. The van der Waals surface area contributed by atoms with Crippen molar-refractivity contribution in [2.24, 2.45) is 0 Å². The lowest BCUT2D eigenvalue weighted by molar-refractivity contribution is 0.749. The van der Waals surface area contributed by atoms with Crippen molar-refractivity contribution in [3.05, 3.63) is 36.0 Å². The Kier molecular flexibility index (Phi) is 6.23. The molecule has 0 aliphatic rings. The minimum absolute atomic E-state index is 0.323. The molecule has 2 N–H and O–H groups in total. The van der Waals surface area contributed by atoms with Gasteiger partial charge in [0.25, 0.3) is 0 Å². The van der Waals surface area contributed by atoms with Crippen LogP contribution in [0.2, 0.25) is 0 Å². The van der Waals surface area contributed by atoms with Gasteiger partial charge in [-0.2, -0.15) is 12.6 Å². The molecule has 120 valence electrons. The molecule has 2 aromatic rings. The Bertz CT molecular complexity index is 601. The number of aromatic nitrogens is 2. The van der Waals surface area contributed by atoms with Crippen molar-refractivity contribution in [1.29, 1.82) is 0 Å². The van der Waals surface area contributed by atoms with Crippen LogP contribution in [-0.4, -0.2) is 24.1 Å². The van der Waals surface area contributed by atoms with E-state index in [0.717, 1.165) is 22.8 Å². The predicted octanol–water partition coefficient (Wildman–Crippen LogP) is 3.98. The van der Waals surface area contributed by atoms with Gasteiger partial charge in [-0.05, 0) is 38.1 Å². The van der Waals surface area contributed by atoms with Crippen LogP contribution in [-0.2, 0) is 4.75 Å². The number of nitrogens with two attached hydrogens (primary N) is 1. The van der Waals surface area contributed by atoms with Crippen LogP contribution in [0.3, 0.4) is 0 Å². The van der Waals surface area contributed by atoms with E-state index in [2.05, 4.69) is 22.6 Å². The van der Waals surface area contributed by atoms with Crippen LogP contribution in [0.25, 0.3) is 11.4 Å². The van der Waals surface area contributed by atoms with Crippen LogP contribution < -0.4 is 10.6 Å². The number of hydrogen-bond donors (Lipinski definition) is 2. The Balaban J connectivity index is 0.00000116. The SMILES string of the molecule is CC.CN(C)c1cc(C(C)(C)S)nc(-c2ccc(N)cc2)n1. The smallest absolute Gasteiger partial charge is 0.161 e. The van der Waals surface area contributed by atoms with Gasteiger partial charge in [-0.25, -0.2) is 9.97 Å². The van der Waals surface area contributed by atoms with Gasteiger partial charge in [-0.1, -0.05) is 13.8 Å². The molecule has 0 bridgehead atoms. The highest BCUT2D eigenvalue weighted by Gasteiger charge is 2.20. The topological polar surface area (TPSA) is 55.0 Å². The fourth-order valence-corrected chi connectivity index (χ4v) is 1.85. The highest BCUT2D eigenvalue weighted by atomic mass is 32.1. The Hall–Kier alpha value is -1.75. The number of nitrogens with zero attached hydrogens (tertiary/aromatic N) is 3. The number of hydrogen-bond acceptors (Lipinski definition) is 5. The van der Waals surface area contributed by atoms with Crippen molar-refractivity contribution in [2.75, 3.05) is 24.7 Å². The van der Waals surface area contributed by atoms with E-state index in [-0.39, 0.29) is 4.75 Å². The van der Waals surface area contributed by atoms with Crippen LogP contribution in [0.15, 0.2) is 30.3 Å². The third-order valence-corrected chi connectivity index (χ3v) is 3.20. The standard InChI is InChI=1S/C15H20N4S.C2H6/c1-15(2,20)12-9-13(19(3)4)18-14(17-12)10-5-7-11(16)8-6-10;1-2/h5-9,20H,16H2,1-4H3;1-2H3. The maximum absolute atomic E-state index is 5.72. The van der Waals surface area contributed by atoms with Gasteiger partial charge < -0.3 is 10.6 Å². The van der Waals surface area contributed by atoms with E-state index in [4.69, 9.17) is 5.73 Å². The lowest BCUT2D eigenvalue weighted by Gasteiger charge is -2.21. The first-order chi connectivity index (χ1) is 10.3. The molecular weight excluding hydrogens is 292 g/mol. The molecule has 0 unspecified atom stereocenters. The average molecular weight is 318 g/mol. The maximum Gasteiger partial charge on any atom is 0.161 e. The molecule has 0 spiro atoms. The van der Waals surface area contributed by atoms with E-state index >= 15 is 0 Å². The molecule has 0 atom stereocenters. The normalized spacial score (nSPS) is 10.7. The van der Waals surface area contributed by atoms with E-state index in [9.17, 15) is 0 Å². The Labute approximate surface area is 139 Å². The summed E-state index contributed by atoms with van der Waals surface area (Å²) in [6.07, 6.45) is 0. The van der Waals surface area contributed by atoms with E-state index in [0.29, 0.717) is 5.82 Å². The first kappa shape index (κ1) is 18.3. The predicted molar refractivity (Wildman–Crippen MR) is 99.6 cm³/mol. The largest absolute Gasteiger partial charge is 0.399 e. The molecule has 22 heavy (non-hydrogen) atoms. The minimum Gasteiger partial charge on any atom is -0.399 e. The van der Waals surface area contributed by atoms with Gasteiger partial charge >= 0.3 is 0 Å². The molecule has 1 heterocycles. The Morgan fingerprint density at radius 3 is 2.05 bits per heavy atom. The van der Waals surface area contributed by atoms with Crippen LogP contribution in [0.1, 0.15) is 33.4 Å². The van der Waals surface area contributed by atoms with E-state index in [1.807, 2.05) is 77.0 Å². The highest BCUT2D eigenvalue weighted by Crippen LogP contribution is 2.29. The third kappa shape index (κ3) is 4.63. The van der Waals surface area contributed by atoms with Gasteiger partial charge in [-0.15, -0.1) is 0 Å². The zero-order valence-electron chi connectivity index (χ0n) is 14.3. The lowest BCUT2D eigenvalue weighted by Crippen LogP contribution is -2.17. The van der Waals surface area contributed by atoms with Crippen molar-refractivity contribution in [3.63, 3.8) is 0 Å². The molecular formula is C17H26N4S. The summed E-state index contributed by atoms with van der Waals surface area (Å²) < 4.78 is -0.323. The zero-order valence-corrected chi connectivity index (χ0v) is 15.1. The van der Waals surface area contributed by atoms with Crippen LogP contribution >= 0.6 is 12.6 Å². The number of nitrogen functional groups attached to an aromatic ring is 1. The number of benzene rings is 1. The van der Waals surface area contributed by atoms with Gasteiger partial charge in [0.1, 0.15) is 5.82 Å². The number of anilines is 2. The second kappa shape index (κ2) is 7.49. The van der Waals surface area contributed by atoms with Gasteiger partial charge in [0, 0.05) is 36.2 Å². The minimum atomic E-state index is -0.323. The van der Waals surface area contributed by atoms with Gasteiger partial charge in [0.05, 0.1) is 5.69 Å². The molecule has 4 nitrogen and oxygen atoms in total. The highest BCUT2D eigenvalue weighted by molar-refractivity contribution is 7.81. The summed E-state index contributed by atoms with van der Waals surface area (Å²) >= 11 is 4.61. The zero-order chi connectivity index (χ0) is 16.9. The van der Waals surface area contributed by atoms with Crippen molar-refractivity contribution in [2.45, 2.75) is 32.4 Å². The van der Waals surface area contributed by atoms with Gasteiger partial charge in [-0.3, -0.25) is 0 Å². The fraction of sp³-hybridized carbons (Fsp3) is 0.412. The first-order valence-electron chi connectivity index (χ1n) is 7.42. The van der Waals surface area contributed by atoms with Crippen molar-refractivity contribution >= 4 is 24.1 Å². The summed E-state index contributed by atoms with van der Waals surface area (Å²) in [6.45, 7) is 8.04. The van der Waals surface area contributed by atoms with E-state index in [1.54, 1.807) is 0 Å². The second-order valence-corrected chi connectivity index (χ2v) is 6.63. The van der Waals surface area contributed by atoms with Crippen LogP contribution in [0.4, 0.5) is 11.5 Å². The molecule has 0 aliphatic carbocycles. The summed E-state index contributed by atoms with van der Waals surface area (Å²) in [5.41, 5.74) is 8.29. The summed E-state index contributed by atoms with van der Waals surface area (Å²) in [4.78, 5) is 11.2. The summed E-state index contributed by atoms with van der Waals surface area (Å²) in [5, 5.41) is 0. The molecule has 2 rings (SSSR count). The molecule has 0 aliphatic heterocycles.